The minimum absolute atomic E-state index is 0.0269. The van der Waals surface area contributed by atoms with E-state index < -0.39 is 81.0 Å². The van der Waals surface area contributed by atoms with E-state index >= 15 is 0 Å². The topological polar surface area (TPSA) is 107 Å². The van der Waals surface area contributed by atoms with Crippen molar-refractivity contribution in [3.8, 4) is 0 Å². The number of hydrogen-bond acceptors (Lipinski definition) is 6. The van der Waals surface area contributed by atoms with Crippen molar-refractivity contribution in [1.29, 1.82) is 0 Å². The number of carbonyl (C=O) groups excluding carboxylic acids is 3. The van der Waals surface area contributed by atoms with E-state index in [0.29, 0.717) is 0 Å². The van der Waals surface area contributed by atoms with Gasteiger partial charge in [-0.3, -0.25) is 23.5 Å². The standard InChI is InChI=1S/C29H27ClF6N3O6P/c1-3-44-46(43,45-15-29(34,35)36)19-7-8-20-21(16(2)40)13-38(23(20)10-19)14-25(41)39-12-18(27(32)33)9-24(39)28(42)37-11-17-5-4-6-22(30)26(17)31/h4-8,10,13,24H,3,9,11-12,14-15H2,1-2H3,(H,37,42)/t24-,46?/m0/s1. The van der Waals surface area contributed by atoms with Crippen LogP contribution in [0, 0.1) is 5.82 Å². The van der Waals surface area contributed by atoms with Gasteiger partial charge in [0, 0.05) is 47.8 Å². The number of hydrogen-bond donors (Lipinski definition) is 1. The van der Waals surface area contributed by atoms with Crippen molar-refractivity contribution in [2.45, 2.75) is 45.6 Å². The third kappa shape index (κ3) is 7.83. The van der Waals surface area contributed by atoms with Gasteiger partial charge in [0.05, 0.1) is 22.5 Å². The number of Topliss-reactive ketones (excluding diaryl/α,β-unsaturated/α-hetero) is 1. The van der Waals surface area contributed by atoms with Crippen LogP contribution in [0.3, 0.4) is 0 Å². The van der Waals surface area contributed by atoms with Crippen LogP contribution >= 0.6 is 19.2 Å². The Morgan fingerprint density at radius 1 is 1.13 bits per heavy atom. The van der Waals surface area contributed by atoms with Gasteiger partial charge in [-0.2, -0.15) is 22.0 Å². The number of ketones is 1. The molecule has 3 aromatic rings. The van der Waals surface area contributed by atoms with Crippen LogP contribution in [0.15, 0.2) is 54.2 Å². The summed E-state index contributed by atoms with van der Waals surface area (Å²) in [6.07, 6.45) is -6.12. The Morgan fingerprint density at radius 2 is 1.85 bits per heavy atom. The number of amides is 2. The molecule has 1 N–H and O–H groups in total. The van der Waals surface area contributed by atoms with Crippen molar-refractivity contribution in [2.75, 3.05) is 19.8 Å². The summed E-state index contributed by atoms with van der Waals surface area (Å²) in [6.45, 7) is -1.06. The van der Waals surface area contributed by atoms with Gasteiger partial charge in [0.15, 0.2) is 12.4 Å². The van der Waals surface area contributed by atoms with Crippen LogP contribution in [0.5, 0.6) is 0 Å². The zero-order chi connectivity index (χ0) is 34.0. The van der Waals surface area contributed by atoms with Crippen LogP contribution in [0.25, 0.3) is 10.9 Å². The maximum atomic E-state index is 14.3. The van der Waals surface area contributed by atoms with Crippen molar-refractivity contribution in [2.24, 2.45) is 0 Å². The van der Waals surface area contributed by atoms with Crippen molar-refractivity contribution in [3.63, 3.8) is 0 Å². The maximum absolute atomic E-state index is 14.3. The van der Waals surface area contributed by atoms with E-state index in [1.807, 2.05) is 0 Å². The van der Waals surface area contributed by atoms with Gasteiger partial charge in [-0.1, -0.05) is 29.8 Å². The molecule has 2 heterocycles. The molecule has 9 nitrogen and oxygen atoms in total. The fourth-order valence-corrected chi connectivity index (χ4v) is 6.72. The first-order valence-corrected chi connectivity index (χ1v) is 15.6. The Kier molecular flexibility index (Phi) is 10.7. The summed E-state index contributed by atoms with van der Waals surface area (Å²) in [5.41, 5.74) is -0.257. The number of alkyl halides is 3. The number of nitrogens with zero attached hydrogens (tertiary/aromatic N) is 2. The normalized spacial score (nSPS) is 16.5. The number of aromatic nitrogens is 1. The molecular weight excluding hydrogens is 667 g/mol. The van der Waals surface area contributed by atoms with Crippen LogP contribution in [0.4, 0.5) is 26.3 Å². The fraction of sp³-hybridized carbons (Fsp3) is 0.345. The lowest BCUT2D eigenvalue weighted by Crippen LogP contribution is -2.46. The highest BCUT2D eigenvalue weighted by molar-refractivity contribution is 7.62. The molecule has 1 aromatic heterocycles. The van der Waals surface area contributed by atoms with E-state index in [1.54, 1.807) is 0 Å². The molecule has 1 saturated heterocycles. The molecule has 1 aliphatic rings. The monoisotopic (exact) mass is 693 g/mol. The number of benzene rings is 2. The quantitative estimate of drug-likeness (QED) is 0.147. The van der Waals surface area contributed by atoms with Crippen molar-refractivity contribution < 1.29 is 54.3 Å². The Morgan fingerprint density at radius 3 is 2.48 bits per heavy atom. The molecule has 248 valence electrons. The van der Waals surface area contributed by atoms with Gasteiger partial charge in [0.1, 0.15) is 18.4 Å². The second-order valence-electron chi connectivity index (χ2n) is 10.3. The SMILES string of the molecule is CCOP(=O)(OCC(F)(F)F)c1ccc2c(C(C)=O)cn(CC(=O)N3CC(=C(F)F)C[C@H]3C(=O)NCc3cccc(Cl)c3F)c2c1. The van der Waals surface area contributed by atoms with Crippen LogP contribution < -0.4 is 10.6 Å². The summed E-state index contributed by atoms with van der Waals surface area (Å²) >= 11 is 5.77. The minimum atomic E-state index is -4.82. The van der Waals surface area contributed by atoms with Gasteiger partial charge in [-0.05, 0) is 32.0 Å². The summed E-state index contributed by atoms with van der Waals surface area (Å²) in [5, 5.41) is 2.21. The number of nitrogens with one attached hydrogen (secondary N) is 1. The summed E-state index contributed by atoms with van der Waals surface area (Å²) < 4.78 is 105. The molecule has 2 aromatic carbocycles. The third-order valence-electron chi connectivity index (χ3n) is 7.12. The van der Waals surface area contributed by atoms with Gasteiger partial charge >= 0.3 is 13.8 Å². The first kappa shape index (κ1) is 35.2. The van der Waals surface area contributed by atoms with E-state index in [-0.39, 0.29) is 45.5 Å². The van der Waals surface area contributed by atoms with E-state index in [9.17, 15) is 45.3 Å². The van der Waals surface area contributed by atoms with E-state index in [2.05, 4.69) is 9.84 Å². The van der Waals surface area contributed by atoms with Gasteiger partial charge in [-0.15, -0.1) is 0 Å². The van der Waals surface area contributed by atoms with Gasteiger partial charge in [-0.25, -0.2) is 4.39 Å². The molecule has 46 heavy (non-hydrogen) atoms. The summed E-state index contributed by atoms with van der Waals surface area (Å²) in [7, 11) is -4.53. The number of fused-ring (bicyclic) bond motifs is 1. The van der Waals surface area contributed by atoms with E-state index in [0.717, 1.165) is 11.0 Å². The Bertz CT molecular complexity index is 1760. The molecule has 0 radical (unpaired) electrons. The summed E-state index contributed by atoms with van der Waals surface area (Å²) in [6, 6.07) is 6.37. The first-order chi connectivity index (χ1) is 21.5. The maximum Gasteiger partial charge on any atom is 0.412 e. The lowest BCUT2D eigenvalue weighted by molar-refractivity contribution is -0.154. The highest BCUT2D eigenvalue weighted by Crippen LogP contribution is 2.48. The Hall–Kier alpha value is -3.65. The number of likely N-dealkylation sites (tertiary alicyclic amines) is 1. The lowest BCUT2D eigenvalue weighted by Gasteiger charge is -2.24. The average molecular weight is 694 g/mol. The number of carbonyl (C=O) groups is 3. The van der Waals surface area contributed by atoms with Crippen molar-refractivity contribution >= 4 is 53.0 Å². The van der Waals surface area contributed by atoms with Gasteiger partial charge < -0.3 is 19.3 Å². The highest BCUT2D eigenvalue weighted by atomic mass is 35.5. The summed E-state index contributed by atoms with van der Waals surface area (Å²) in [5.74, 6) is -2.89. The molecule has 1 aliphatic heterocycles. The Balaban J connectivity index is 1.65. The van der Waals surface area contributed by atoms with Crippen LogP contribution in [-0.4, -0.2) is 59.0 Å². The van der Waals surface area contributed by atoms with Crippen LogP contribution in [0.1, 0.15) is 36.2 Å². The molecule has 0 bridgehead atoms. The Labute approximate surface area is 263 Å². The molecule has 1 unspecified atom stereocenters. The number of rotatable bonds is 11. The zero-order valence-electron chi connectivity index (χ0n) is 24.3. The molecule has 2 atom stereocenters. The minimum Gasteiger partial charge on any atom is -0.350 e. The van der Waals surface area contributed by atoms with Gasteiger partial charge in [0.25, 0.3) is 6.08 Å². The smallest absolute Gasteiger partial charge is 0.350 e. The highest BCUT2D eigenvalue weighted by Gasteiger charge is 2.39. The fourth-order valence-electron chi connectivity index (χ4n) is 4.96. The molecule has 2 amide bonds. The molecule has 1 fully saturated rings. The largest absolute Gasteiger partial charge is 0.412 e. The molecule has 0 spiro atoms. The van der Waals surface area contributed by atoms with Crippen LogP contribution in [0.2, 0.25) is 5.02 Å². The second kappa shape index (κ2) is 14.0. The average Bonchev–Trinajstić information content (AvgIpc) is 3.59. The zero-order valence-corrected chi connectivity index (χ0v) is 25.9. The molecule has 17 heteroatoms. The van der Waals surface area contributed by atoms with E-state index in [4.69, 9.17) is 16.1 Å². The molecule has 0 saturated carbocycles. The predicted molar refractivity (Wildman–Crippen MR) is 155 cm³/mol. The van der Waals surface area contributed by atoms with Crippen LogP contribution in [-0.2, 0) is 36.3 Å². The lowest BCUT2D eigenvalue weighted by atomic mass is 10.1. The predicted octanol–water partition coefficient (Wildman–Crippen LogP) is 6.14. The molecule has 0 aliphatic carbocycles. The number of halogens is 7. The van der Waals surface area contributed by atoms with Crippen molar-refractivity contribution in [1.82, 2.24) is 14.8 Å². The summed E-state index contributed by atoms with van der Waals surface area (Å²) in [4.78, 5) is 39.9. The molecular formula is C29H27ClF6N3O6P. The third-order valence-corrected chi connectivity index (χ3v) is 9.39. The molecule has 4 rings (SSSR count). The van der Waals surface area contributed by atoms with Gasteiger partial charge in [0.2, 0.25) is 11.8 Å². The second-order valence-corrected chi connectivity index (χ2v) is 12.7. The van der Waals surface area contributed by atoms with E-state index in [1.165, 1.54) is 54.9 Å². The first-order valence-electron chi connectivity index (χ1n) is 13.7. The van der Waals surface area contributed by atoms with Crippen molar-refractivity contribution in [3.05, 3.63) is 76.2 Å².